The summed E-state index contributed by atoms with van der Waals surface area (Å²) in [4.78, 5) is 78.9. The van der Waals surface area contributed by atoms with E-state index in [-0.39, 0.29) is 25.2 Å². The third-order valence-electron chi connectivity index (χ3n) is 5.70. The lowest BCUT2D eigenvalue weighted by atomic mass is 9.96. The average molecular weight is 526 g/mol. The lowest BCUT2D eigenvalue weighted by molar-refractivity contribution is -0.143. The van der Waals surface area contributed by atoms with E-state index < -0.39 is 72.6 Å². The Balaban J connectivity index is 3.00. The number of amides is 4. The molecule has 0 aliphatic carbocycles. The number of H-pyrrole nitrogens is 1. The molecule has 1 rings (SSSR count). The molecule has 0 aliphatic rings. The predicted molar refractivity (Wildman–Crippen MR) is 128 cm³/mol. The number of imidazole rings is 1. The first-order valence-electron chi connectivity index (χ1n) is 11.7. The van der Waals surface area contributed by atoms with Crippen molar-refractivity contribution in [3.8, 4) is 0 Å². The molecule has 37 heavy (non-hydrogen) atoms. The molecule has 5 unspecified atom stereocenters. The van der Waals surface area contributed by atoms with E-state index in [4.69, 9.17) is 16.6 Å². The van der Waals surface area contributed by atoms with E-state index in [1.165, 1.54) is 12.5 Å². The van der Waals surface area contributed by atoms with Crippen LogP contribution in [0.4, 0.5) is 0 Å². The summed E-state index contributed by atoms with van der Waals surface area (Å²) in [6.07, 6.45) is 2.08. The second kappa shape index (κ2) is 15.2. The van der Waals surface area contributed by atoms with Gasteiger partial charge in [-0.15, -0.1) is 0 Å². The predicted octanol–water partition coefficient (Wildman–Crippen LogP) is -2.01. The van der Waals surface area contributed by atoms with Crippen molar-refractivity contribution in [2.45, 2.75) is 76.5 Å². The van der Waals surface area contributed by atoms with E-state index in [1.54, 1.807) is 13.8 Å². The van der Waals surface area contributed by atoms with E-state index in [1.807, 2.05) is 0 Å². The van der Waals surface area contributed by atoms with Crippen LogP contribution >= 0.6 is 0 Å². The van der Waals surface area contributed by atoms with Crippen LogP contribution in [-0.4, -0.2) is 79.9 Å². The van der Waals surface area contributed by atoms with Crippen molar-refractivity contribution < 1.29 is 39.0 Å². The van der Waals surface area contributed by atoms with Crippen LogP contribution in [0.3, 0.4) is 0 Å². The van der Waals surface area contributed by atoms with E-state index in [2.05, 4.69) is 25.9 Å². The third kappa shape index (κ3) is 11.1. The van der Waals surface area contributed by atoms with Gasteiger partial charge in [-0.25, -0.2) is 9.78 Å². The van der Waals surface area contributed by atoms with Gasteiger partial charge in [0.25, 0.3) is 0 Å². The van der Waals surface area contributed by atoms with Crippen LogP contribution < -0.4 is 27.4 Å². The summed E-state index contributed by atoms with van der Waals surface area (Å²) in [6, 6.07) is -5.02. The average Bonchev–Trinajstić information content (AvgIpc) is 3.34. The van der Waals surface area contributed by atoms with Crippen molar-refractivity contribution in [3.63, 3.8) is 0 Å². The first-order chi connectivity index (χ1) is 17.3. The van der Waals surface area contributed by atoms with Gasteiger partial charge in [0.1, 0.15) is 18.1 Å². The van der Waals surface area contributed by atoms with Crippen LogP contribution in [0.5, 0.6) is 0 Å². The summed E-state index contributed by atoms with van der Waals surface area (Å²) < 4.78 is 0. The largest absolute Gasteiger partial charge is 0.481 e. The molecule has 10 N–H and O–H groups in total. The van der Waals surface area contributed by atoms with Crippen LogP contribution in [0.2, 0.25) is 0 Å². The smallest absolute Gasteiger partial charge is 0.326 e. The maximum atomic E-state index is 13.1. The monoisotopic (exact) mass is 525 g/mol. The molecule has 0 aliphatic heterocycles. The number of nitrogens with one attached hydrogen (secondary N) is 4. The Kier molecular flexibility index (Phi) is 12.7. The Labute approximate surface area is 213 Å². The zero-order valence-corrected chi connectivity index (χ0v) is 20.7. The first-order valence-corrected chi connectivity index (χ1v) is 11.7. The van der Waals surface area contributed by atoms with Crippen molar-refractivity contribution in [2.24, 2.45) is 17.4 Å². The molecule has 15 nitrogen and oxygen atoms in total. The SMILES string of the molecule is CCC(C)C(NC(=O)C(N)Cc1cnc[nH]1)C(=O)NC(CCC(N)=O)C(=O)NC(CCC(=O)O)C(=O)O. The van der Waals surface area contributed by atoms with Gasteiger partial charge in [-0.1, -0.05) is 20.3 Å². The summed E-state index contributed by atoms with van der Waals surface area (Å²) in [5.74, 6) is -6.18. The molecule has 0 fully saturated rings. The fourth-order valence-electron chi connectivity index (χ4n) is 3.30. The Morgan fingerprint density at radius 2 is 1.59 bits per heavy atom. The molecule has 0 radical (unpaired) electrons. The zero-order valence-electron chi connectivity index (χ0n) is 20.7. The molecular weight excluding hydrogens is 490 g/mol. The molecule has 4 amide bonds. The molecule has 206 valence electrons. The van der Waals surface area contributed by atoms with Gasteiger partial charge in [0.2, 0.25) is 23.6 Å². The highest BCUT2D eigenvalue weighted by molar-refractivity contribution is 5.94. The molecule has 1 heterocycles. The molecule has 1 aromatic heterocycles. The number of nitrogens with two attached hydrogens (primary N) is 2. The molecule has 0 saturated heterocycles. The Morgan fingerprint density at radius 1 is 0.973 bits per heavy atom. The van der Waals surface area contributed by atoms with Crippen molar-refractivity contribution in [2.75, 3.05) is 0 Å². The molecule has 0 saturated carbocycles. The van der Waals surface area contributed by atoms with Crippen LogP contribution in [0.1, 0.15) is 51.6 Å². The number of aromatic amines is 1. The van der Waals surface area contributed by atoms with Crippen molar-refractivity contribution >= 4 is 35.6 Å². The Hall–Kier alpha value is -4.01. The lowest BCUT2D eigenvalue weighted by Crippen LogP contribution is -2.58. The fourth-order valence-corrected chi connectivity index (χ4v) is 3.30. The summed E-state index contributed by atoms with van der Waals surface area (Å²) in [6.45, 7) is 3.49. The summed E-state index contributed by atoms with van der Waals surface area (Å²) in [7, 11) is 0. The van der Waals surface area contributed by atoms with Crippen LogP contribution in [0, 0.1) is 5.92 Å². The number of carboxylic acid groups (broad SMARTS) is 2. The summed E-state index contributed by atoms with van der Waals surface area (Å²) in [5.41, 5.74) is 11.7. The van der Waals surface area contributed by atoms with Crippen LogP contribution in [0.25, 0.3) is 0 Å². The van der Waals surface area contributed by atoms with Gasteiger partial charge in [0.05, 0.1) is 12.4 Å². The minimum absolute atomic E-state index is 0.136. The topological polar surface area (TPSA) is 260 Å². The van der Waals surface area contributed by atoms with E-state index >= 15 is 0 Å². The summed E-state index contributed by atoms with van der Waals surface area (Å²) >= 11 is 0. The van der Waals surface area contributed by atoms with Crippen molar-refractivity contribution in [1.29, 1.82) is 0 Å². The number of hydrogen-bond acceptors (Lipinski definition) is 8. The molecule has 1 aromatic rings. The Bertz CT molecular complexity index is 953. The normalized spacial score (nSPS) is 14.9. The highest BCUT2D eigenvalue weighted by Gasteiger charge is 2.32. The number of hydrogen-bond donors (Lipinski definition) is 8. The van der Waals surface area contributed by atoms with Gasteiger partial charge < -0.3 is 42.6 Å². The molecule has 5 atom stereocenters. The molecule has 0 aromatic carbocycles. The zero-order chi connectivity index (χ0) is 28.1. The number of aromatic nitrogens is 2. The van der Waals surface area contributed by atoms with Gasteiger partial charge >= 0.3 is 11.9 Å². The maximum absolute atomic E-state index is 13.1. The molecular formula is C22H35N7O8. The number of carbonyl (C=O) groups excluding carboxylic acids is 4. The van der Waals surface area contributed by atoms with Gasteiger partial charge in [0, 0.05) is 31.2 Å². The van der Waals surface area contributed by atoms with E-state index in [0.29, 0.717) is 12.1 Å². The highest BCUT2D eigenvalue weighted by Crippen LogP contribution is 2.11. The lowest BCUT2D eigenvalue weighted by Gasteiger charge is -2.28. The number of carbonyl (C=O) groups is 6. The summed E-state index contributed by atoms with van der Waals surface area (Å²) in [5, 5.41) is 25.3. The number of primary amides is 1. The van der Waals surface area contributed by atoms with E-state index in [0.717, 1.165) is 0 Å². The van der Waals surface area contributed by atoms with Gasteiger partial charge in [-0.3, -0.25) is 24.0 Å². The minimum atomic E-state index is -1.54. The second-order valence-corrected chi connectivity index (χ2v) is 8.66. The van der Waals surface area contributed by atoms with Crippen LogP contribution in [0.15, 0.2) is 12.5 Å². The fraction of sp³-hybridized carbons (Fsp3) is 0.591. The highest BCUT2D eigenvalue weighted by atomic mass is 16.4. The molecule has 0 spiro atoms. The van der Waals surface area contributed by atoms with Gasteiger partial charge in [0.15, 0.2) is 0 Å². The number of aliphatic carboxylic acids is 2. The molecule has 15 heteroatoms. The standard InChI is InChI=1S/C22H35N7O8/c1-3-11(2)18(29-19(33)13(23)8-12-9-25-10-26-12)21(35)27-14(4-6-16(24)30)20(34)28-15(22(36)37)5-7-17(31)32/h9-11,13-15,18H,3-8,23H2,1-2H3,(H2,24,30)(H,25,26)(H,27,35)(H,28,34)(H,29,33)(H,31,32)(H,36,37). The first kappa shape index (κ1) is 31.0. The molecule has 0 bridgehead atoms. The van der Waals surface area contributed by atoms with Gasteiger partial charge in [-0.05, 0) is 18.8 Å². The number of rotatable bonds is 17. The van der Waals surface area contributed by atoms with E-state index in [9.17, 15) is 33.9 Å². The maximum Gasteiger partial charge on any atom is 0.326 e. The minimum Gasteiger partial charge on any atom is -0.481 e. The quantitative estimate of drug-likeness (QED) is 0.111. The number of carboxylic acids is 2. The number of nitrogens with zero attached hydrogens (tertiary/aromatic N) is 1. The van der Waals surface area contributed by atoms with Crippen LogP contribution in [-0.2, 0) is 35.2 Å². The van der Waals surface area contributed by atoms with Crippen molar-refractivity contribution in [1.82, 2.24) is 25.9 Å². The van der Waals surface area contributed by atoms with Crippen molar-refractivity contribution in [3.05, 3.63) is 18.2 Å². The third-order valence-corrected chi connectivity index (χ3v) is 5.70. The second-order valence-electron chi connectivity index (χ2n) is 8.66. The Morgan fingerprint density at radius 3 is 2.11 bits per heavy atom. The van der Waals surface area contributed by atoms with Gasteiger partial charge in [-0.2, -0.15) is 0 Å².